The summed E-state index contributed by atoms with van der Waals surface area (Å²) in [6.45, 7) is 2.12. The Morgan fingerprint density at radius 1 is 1.12 bits per heavy atom. The molecule has 1 N–H and O–H groups in total. The van der Waals surface area contributed by atoms with Gasteiger partial charge in [0.2, 0.25) is 0 Å². The van der Waals surface area contributed by atoms with E-state index in [2.05, 4.69) is 11.9 Å². The molecule has 0 aliphatic carbocycles. The van der Waals surface area contributed by atoms with Crippen molar-refractivity contribution >= 4 is 16.6 Å². The topological polar surface area (TPSA) is 46.8 Å². The zero-order chi connectivity index (χ0) is 17.4. The largest absolute Gasteiger partial charge is 0.496 e. The standard InChI is InChI=1S/C21H20N2O2/c1-3-14-8-10-15(11-9-14)21(24)17-13-23-18-7-5-4-6-16(18)19(25-2)12-20(23)22-17/h4-13,21,24H,3H2,1-2H3. The van der Waals surface area contributed by atoms with Crippen LogP contribution >= 0.6 is 0 Å². The number of hydrogen-bond acceptors (Lipinski definition) is 3. The molecular formula is C21H20N2O2. The summed E-state index contributed by atoms with van der Waals surface area (Å²) in [5.41, 5.74) is 4.49. The molecule has 2 heterocycles. The van der Waals surface area contributed by atoms with Crippen LogP contribution in [0.3, 0.4) is 0 Å². The maximum Gasteiger partial charge on any atom is 0.141 e. The Morgan fingerprint density at radius 2 is 1.88 bits per heavy atom. The maximum atomic E-state index is 10.7. The van der Waals surface area contributed by atoms with Crippen LogP contribution in [0, 0.1) is 0 Å². The normalized spacial score (nSPS) is 12.6. The molecule has 0 bridgehead atoms. The second kappa shape index (κ2) is 6.22. The van der Waals surface area contributed by atoms with Crippen LogP contribution in [0.1, 0.15) is 29.8 Å². The first-order valence-electron chi connectivity index (χ1n) is 8.43. The van der Waals surface area contributed by atoms with Crippen molar-refractivity contribution in [2.75, 3.05) is 7.11 Å². The van der Waals surface area contributed by atoms with Crippen LogP contribution in [0.25, 0.3) is 16.6 Å². The fourth-order valence-electron chi connectivity index (χ4n) is 3.20. The molecule has 0 fully saturated rings. The lowest BCUT2D eigenvalue weighted by molar-refractivity contribution is 0.216. The van der Waals surface area contributed by atoms with Crippen molar-refractivity contribution in [3.63, 3.8) is 0 Å². The summed E-state index contributed by atoms with van der Waals surface area (Å²) in [6, 6.07) is 17.9. The lowest BCUT2D eigenvalue weighted by atomic mass is 10.0. The van der Waals surface area contributed by atoms with Gasteiger partial charge in [0.1, 0.15) is 17.5 Å². The molecule has 2 aromatic heterocycles. The van der Waals surface area contributed by atoms with Crippen LogP contribution in [-0.2, 0) is 6.42 Å². The average Bonchev–Trinajstić information content (AvgIpc) is 3.11. The summed E-state index contributed by atoms with van der Waals surface area (Å²) in [4.78, 5) is 4.62. The number of benzene rings is 2. The third-order valence-corrected chi connectivity index (χ3v) is 4.64. The molecule has 0 amide bonds. The van der Waals surface area contributed by atoms with Crippen molar-refractivity contribution in [1.29, 1.82) is 0 Å². The van der Waals surface area contributed by atoms with E-state index in [1.165, 1.54) is 5.56 Å². The van der Waals surface area contributed by atoms with E-state index in [0.717, 1.165) is 34.3 Å². The number of nitrogens with zero attached hydrogens (tertiary/aromatic N) is 2. The van der Waals surface area contributed by atoms with E-state index in [4.69, 9.17) is 4.74 Å². The monoisotopic (exact) mass is 332 g/mol. The third-order valence-electron chi connectivity index (χ3n) is 4.64. The highest BCUT2D eigenvalue weighted by Crippen LogP contribution is 2.30. The van der Waals surface area contributed by atoms with Gasteiger partial charge in [0.05, 0.1) is 18.3 Å². The summed E-state index contributed by atoms with van der Waals surface area (Å²) in [7, 11) is 1.66. The average molecular weight is 332 g/mol. The van der Waals surface area contributed by atoms with E-state index in [-0.39, 0.29) is 0 Å². The number of methoxy groups -OCH3 is 1. The number of aromatic nitrogens is 2. The smallest absolute Gasteiger partial charge is 0.141 e. The Bertz CT molecular complexity index is 1040. The van der Waals surface area contributed by atoms with Crippen molar-refractivity contribution in [2.45, 2.75) is 19.4 Å². The number of ether oxygens (including phenoxy) is 1. The SMILES string of the molecule is CCc1ccc(C(O)c2cn3c(cc(OC)c4ccccc43)n2)cc1. The first-order valence-corrected chi connectivity index (χ1v) is 8.43. The van der Waals surface area contributed by atoms with Gasteiger partial charge >= 0.3 is 0 Å². The molecule has 4 rings (SSSR count). The van der Waals surface area contributed by atoms with Gasteiger partial charge in [0, 0.05) is 17.6 Å². The summed E-state index contributed by atoms with van der Waals surface area (Å²) in [6.07, 6.45) is 2.13. The maximum absolute atomic E-state index is 10.7. The summed E-state index contributed by atoms with van der Waals surface area (Å²) in [5.74, 6) is 0.780. The molecule has 0 saturated carbocycles. The number of hydrogen-bond donors (Lipinski definition) is 1. The molecule has 2 aromatic carbocycles. The Balaban J connectivity index is 1.84. The van der Waals surface area contributed by atoms with E-state index in [1.54, 1.807) is 7.11 Å². The molecule has 0 spiro atoms. The minimum Gasteiger partial charge on any atom is -0.496 e. The van der Waals surface area contributed by atoms with Gasteiger partial charge in [0.25, 0.3) is 0 Å². The molecular weight excluding hydrogens is 312 g/mol. The number of imidazole rings is 1. The number of aryl methyl sites for hydroxylation is 1. The number of fused-ring (bicyclic) bond motifs is 3. The van der Waals surface area contributed by atoms with E-state index >= 15 is 0 Å². The molecule has 4 heteroatoms. The molecule has 0 radical (unpaired) electrons. The van der Waals surface area contributed by atoms with Gasteiger partial charge in [-0.05, 0) is 29.7 Å². The summed E-state index contributed by atoms with van der Waals surface area (Å²) < 4.78 is 7.50. The van der Waals surface area contributed by atoms with Crippen LogP contribution < -0.4 is 4.74 Å². The summed E-state index contributed by atoms with van der Waals surface area (Å²) >= 11 is 0. The van der Waals surface area contributed by atoms with Crippen LogP contribution in [-0.4, -0.2) is 21.6 Å². The quantitative estimate of drug-likeness (QED) is 0.611. The Hall–Kier alpha value is -2.85. The highest BCUT2D eigenvalue weighted by atomic mass is 16.5. The molecule has 126 valence electrons. The van der Waals surface area contributed by atoms with E-state index in [9.17, 15) is 5.11 Å². The van der Waals surface area contributed by atoms with Gasteiger partial charge in [-0.2, -0.15) is 0 Å². The Labute approximate surface area is 146 Å². The van der Waals surface area contributed by atoms with Crippen LogP contribution in [0.4, 0.5) is 0 Å². The van der Waals surface area contributed by atoms with E-state index in [1.807, 2.05) is 65.2 Å². The van der Waals surface area contributed by atoms with Crippen molar-refractivity contribution in [1.82, 2.24) is 9.38 Å². The zero-order valence-electron chi connectivity index (χ0n) is 14.3. The van der Waals surface area contributed by atoms with Gasteiger partial charge in [0.15, 0.2) is 0 Å². The number of aliphatic hydroxyl groups excluding tert-OH is 1. The molecule has 1 unspecified atom stereocenters. The molecule has 4 nitrogen and oxygen atoms in total. The first kappa shape index (κ1) is 15.7. The fourth-order valence-corrected chi connectivity index (χ4v) is 3.20. The Kier molecular flexibility index (Phi) is 3.90. The number of rotatable bonds is 4. The predicted molar refractivity (Wildman–Crippen MR) is 99.1 cm³/mol. The van der Waals surface area contributed by atoms with Gasteiger partial charge < -0.3 is 9.84 Å². The number of pyridine rings is 1. The minimum atomic E-state index is -0.754. The Morgan fingerprint density at radius 3 is 2.60 bits per heavy atom. The third kappa shape index (κ3) is 2.65. The van der Waals surface area contributed by atoms with Gasteiger partial charge in [-0.1, -0.05) is 43.3 Å². The minimum absolute atomic E-state index is 0.627. The molecule has 4 aromatic rings. The highest BCUT2D eigenvalue weighted by molar-refractivity contribution is 5.88. The molecule has 1 atom stereocenters. The highest BCUT2D eigenvalue weighted by Gasteiger charge is 2.16. The van der Waals surface area contributed by atoms with Crippen LogP contribution in [0.15, 0.2) is 60.8 Å². The van der Waals surface area contributed by atoms with Crippen LogP contribution in [0.2, 0.25) is 0 Å². The molecule has 0 aliphatic heterocycles. The van der Waals surface area contributed by atoms with Gasteiger partial charge in [-0.15, -0.1) is 0 Å². The van der Waals surface area contributed by atoms with Gasteiger partial charge in [-0.3, -0.25) is 4.40 Å². The van der Waals surface area contributed by atoms with E-state index < -0.39 is 6.10 Å². The van der Waals surface area contributed by atoms with Crippen molar-refractivity contribution < 1.29 is 9.84 Å². The molecule has 0 saturated heterocycles. The van der Waals surface area contributed by atoms with Crippen molar-refractivity contribution in [3.05, 3.63) is 77.6 Å². The molecule has 25 heavy (non-hydrogen) atoms. The van der Waals surface area contributed by atoms with Crippen LogP contribution in [0.5, 0.6) is 5.75 Å². The lowest BCUT2D eigenvalue weighted by Crippen LogP contribution is -2.00. The molecule has 0 aliphatic rings. The van der Waals surface area contributed by atoms with Gasteiger partial charge in [-0.25, -0.2) is 4.98 Å². The second-order valence-electron chi connectivity index (χ2n) is 6.12. The van der Waals surface area contributed by atoms with E-state index in [0.29, 0.717) is 5.69 Å². The number of para-hydroxylation sites is 1. The first-order chi connectivity index (χ1) is 12.2. The lowest BCUT2D eigenvalue weighted by Gasteiger charge is -2.08. The second-order valence-corrected chi connectivity index (χ2v) is 6.12. The fraction of sp³-hybridized carbons (Fsp3) is 0.190. The van der Waals surface area contributed by atoms with Crippen molar-refractivity contribution in [3.8, 4) is 5.75 Å². The number of aliphatic hydroxyl groups is 1. The summed E-state index contributed by atoms with van der Waals surface area (Å²) in [5, 5.41) is 11.8. The predicted octanol–water partition coefficient (Wildman–Crippen LogP) is 4.14. The zero-order valence-corrected chi connectivity index (χ0v) is 14.3. The van der Waals surface area contributed by atoms with Crippen molar-refractivity contribution in [2.24, 2.45) is 0 Å².